The summed E-state index contributed by atoms with van der Waals surface area (Å²) in [5, 5.41) is 13.7. The number of nitrogens with zero attached hydrogens (tertiary/aromatic N) is 3. The van der Waals surface area contributed by atoms with Crippen molar-refractivity contribution in [3.05, 3.63) is 59.7 Å². The Morgan fingerprint density at radius 3 is 2.48 bits per heavy atom. The van der Waals surface area contributed by atoms with Crippen molar-refractivity contribution in [3.63, 3.8) is 0 Å². The molecule has 0 saturated carbocycles. The predicted molar refractivity (Wildman–Crippen MR) is 102 cm³/mol. The summed E-state index contributed by atoms with van der Waals surface area (Å²) >= 11 is 0. The highest BCUT2D eigenvalue weighted by Crippen LogP contribution is 2.21. The Balaban J connectivity index is 1.67. The molecule has 27 heavy (non-hydrogen) atoms. The van der Waals surface area contributed by atoms with Crippen molar-refractivity contribution < 1.29 is 19.0 Å². The minimum atomic E-state index is -0.413. The number of piperidine rings is 1. The lowest BCUT2D eigenvalue weighted by Crippen LogP contribution is -2.45. The fraction of sp³-hybridized carbons (Fsp3) is 0.368. The number of rotatable bonds is 6. The van der Waals surface area contributed by atoms with Crippen LogP contribution in [0.1, 0.15) is 24.1 Å². The van der Waals surface area contributed by atoms with Gasteiger partial charge in [-0.1, -0.05) is 5.16 Å². The van der Waals surface area contributed by atoms with Gasteiger partial charge in [0.05, 0.1) is 11.9 Å². The van der Waals surface area contributed by atoms with Gasteiger partial charge in [-0.25, -0.2) is 4.39 Å². The van der Waals surface area contributed by atoms with Crippen molar-refractivity contribution in [2.75, 3.05) is 20.2 Å². The quantitative estimate of drug-likeness (QED) is 0.480. The second-order valence-electron chi connectivity index (χ2n) is 6.49. The fourth-order valence-corrected chi connectivity index (χ4v) is 3.11. The van der Waals surface area contributed by atoms with E-state index >= 15 is 0 Å². The molecule has 1 saturated heterocycles. The van der Waals surface area contributed by atoms with E-state index in [1.165, 1.54) is 13.2 Å². The maximum absolute atomic E-state index is 13.1. The maximum atomic E-state index is 13.1. The van der Waals surface area contributed by atoms with Gasteiger partial charge in [-0.05, 0) is 69.2 Å². The van der Waals surface area contributed by atoms with Gasteiger partial charge in [0.15, 0.2) is 0 Å². The summed E-state index contributed by atoms with van der Waals surface area (Å²) in [5.41, 5.74) is 1.85. The molecular weight excluding hydrogens is 348 g/mol. The van der Waals surface area contributed by atoms with E-state index in [1.807, 2.05) is 29.1 Å². The second-order valence-corrected chi connectivity index (χ2v) is 6.49. The molecule has 1 N–H and O–H groups in total. The molecule has 2 heterocycles. The SMILES string of the molecule is CO/N=C(\c1ccc(OC2CCN(B(C)O)CC2)cc1)c1ccc(F)cn1. The molecule has 142 valence electrons. The van der Waals surface area contributed by atoms with E-state index in [0.717, 1.165) is 43.4 Å². The van der Waals surface area contributed by atoms with Gasteiger partial charge < -0.3 is 19.4 Å². The molecule has 0 bridgehead atoms. The lowest BCUT2D eigenvalue weighted by atomic mass is 9.82. The maximum Gasteiger partial charge on any atom is 0.376 e. The first-order chi connectivity index (χ1) is 13.1. The molecular formula is C19H23BFN3O3. The van der Waals surface area contributed by atoms with Gasteiger partial charge >= 0.3 is 7.05 Å². The second kappa shape index (κ2) is 8.97. The Kier molecular flexibility index (Phi) is 6.42. The number of pyridine rings is 1. The van der Waals surface area contributed by atoms with Gasteiger partial charge in [-0.3, -0.25) is 4.98 Å². The molecule has 3 rings (SSSR count). The lowest BCUT2D eigenvalue weighted by molar-refractivity contribution is 0.128. The summed E-state index contributed by atoms with van der Waals surface area (Å²) < 4.78 is 19.2. The molecule has 0 spiro atoms. The van der Waals surface area contributed by atoms with Gasteiger partial charge in [0.2, 0.25) is 0 Å². The minimum Gasteiger partial charge on any atom is -0.490 e. The zero-order valence-corrected chi connectivity index (χ0v) is 15.5. The largest absolute Gasteiger partial charge is 0.490 e. The number of ether oxygens (including phenoxy) is 1. The van der Waals surface area contributed by atoms with Crippen LogP contribution in [0, 0.1) is 5.82 Å². The molecule has 6 nitrogen and oxygen atoms in total. The highest BCUT2D eigenvalue weighted by atomic mass is 19.1. The standard InChI is InChI=1S/C19H23BFN3O3/c1-20(25)24-11-9-17(10-12-24)27-16-6-3-14(4-7-16)19(23-26-2)18-8-5-15(21)13-22-18/h3-8,13,17,25H,9-12H2,1-2H3/b23-19+. The molecule has 1 fully saturated rings. The van der Waals surface area contributed by atoms with E-state index in [4.69, 9.17) is 9.57 Å². The van der Waals surface area contributed by atoms with Gasteiger partial charge in [0, 0.05) is 5.56 Å². The van der Waals surface area contributed by atoms with Gasteiger partial charge in [-0.2, -0.15) is 0 Å². The summed E-state index contributed by atoms with van der Waals surface area (Å²) in [7, 11) is 1.05. The Bertz CT molecular complexity index is 761. The zero-order valence-electron chi connectivity index (χ0n) is 15.5. The molecule has 1 aliphatic heterocycles. The first-order valence-corrected chi connectivity index (χ1v) is 8.99. The smallest absolute Gasteiger partial charge is 0.376 e. The van der Waals surface area contributed by atoms with E-state index in [9.17, 15) is 9.41 Å². The van der Waals surface area contributed by atoms with Crippen LogP contribution in [0.2, 0.25) is 6.82 Å². The summed E-state index contributed by atoms with van der Waals surface area (Å²) in [6, 6.07) is 10.4. The number of aromatic nitrogens is 1. The molecule has 8 heteroatoms. The third-order valence-electron chi connectivity index (χ3n) is 4.59. The van der Waals surface area contributed by atoms with Crippen LogP contribution in [0.25, 0.3) is 0 Å². The van der Waals surface area contributed by atoms with Crippen molar-refractivity contribution in [2.24, 2.45) is 5.16 Å². The first-order valence-electron chi connectivity index (χ1n) is 8.99. The molecule has 0 radical (unpaired) electrons. The zero-order chi connectivity index (χ0) is 19.2. The number of hydrogen-bond donors (Lipinski definition) is 1. The highest BCUT2D eigenvalue weighted by Gasteiger charge is 2.24. The molecule has 1 aliphatic rings. The Morgan fingerprint density at radius 1 is 1.22 bits per heavy atom. The molecule has 0 unspecified atom stereocenters. The van der Waals surface area contributed by atoms with Crippen LogP contribution >= 0.6 is 0 Å². The lowest BCUT2D eigenvalue weighted by Gasteiger charge is -2.32. The molecule has 0 amide bonds. The van der Waals surface area contributed by atoms with Crippen molar-refractivity contribution in [1.82, 2.24) is 9.79 Å². The summed E-state index contributed by atoms with van der Waals surface area (Å²) in [6.45, 7) is 3.43. The van der Waals surface area contributed by atoms with Crippen LogP contribution in [0.4, 0.5) is 4.39 Å². The van der Waals surface area contributed by atoms with Crippen LogP contribution in [0.15, 0.2) is 47.8 Å². The van der Waals surface area contributed by atoms with Crippen LogP contribution in [-0.2, 0) is 4.84 Å². The average Bonchev–Trinajstić information content (AvgIpc) is 2.68. The number of benzene rings is 1. The molecule has 1 aromatic heterocycles. The van der Waals surface area contributed by atoms with Gasteiger partial charge in [0.25, 0.3) is 0 Å². The molecule has 1 aromatic carbocycles. The highest BCUT2D eigenvalue weighted by molar-refractivity contribution is 6.45. The van der Waals surface area contributed by atoms with Gasteiger partial charge in [0.1, 0.15) is 30.5 Å². The number of oxime groups is 1. The topological polar surface area (TPSA) is 67.2 Å². The van der Waals surface area contributed by atoms with Crippen molar-refractivity contribution in [3.8, 4) is 5.75 Å². The van der Waals surface area contributed by atoms with Crippen molar-refractivity contribution in [1.29, 1.82) is 0 Å². The van der Waals surface area contributed by atoms with Crippen LogP contribution in [-0.4, -0.2) is 53.9 Å². The van der Waals surface area contributed by atoms with Crippen molar-refractivity contribution >= 4 is 12.8 Å². The molecule has 2 aromatic rings. The Labute approximate surface area is 158 Å². The number of halogens is 1. The van der Waals surface area contributed by atoms with E-state index in [-0.39, 0.29) is 6.10 Å². The Morgan fingerprint density at radius 2 is 1.93 bits per heavy atom. The summed E-state index contributed by atoms with van der Waals surface area (Å²) in [5.74, 6) is 0.374. The minimum absolute atomic E-state index is 0.136. The molecule has 0 aliphatic carbocycles. The first kappa shape index (κ1) is 19.3. The monoisotopic (exact) mass is 371 g/mol. The normalized spacial score (nSPS) is 16.2. The van der Waals surface area contributed by atoms with E-state index < -0.39 is 12.9 Å². The van der Waals surface area contributed by atoms with Crippen molar-refractivity contribution in [2.45, 2.75) is 25.8 Å². The van der Waals surface area contributed by atoms with Crippen LogP contribution in [0.5, 0.6) is 5.75 Å². The third-order valence-corrected chi connectivity index (χ3v) is 4.59. The summed E-state index contributed by atoms with van der Waals surface area (Å²) in [6.07, 6.45) is 3.04. The number of hydrogen-bond acceptors (Lipinski definition) is 6. The summed E-state index contributed by atoms with van der Waals surface area (Å²) in [4.78, 5) is 11.0. The predicted octanol–water partition coefficient (Wildman–Crippen LogP) is 2.57. The van der Waals surface area contributed by atoms with E-state index in [0.29, 0.717) is 11.4 Å². The van der Waals surface area contributed by atoms with E-state index in [2.05, 4.69) is 10.1 Å². The van der Waals surface area contributed by atoms with Crippen LogP contribution < -0.4 is 4.74 Å². The van der Waals surface area contributed by atoms with Gasteiger partial charge in [-0.15, -0.1) is 0 Å². The fourth-order valence-electron chi connectivity index (χ4n) is 3.11. The average molecular weight is 371 g/mol. The molecule has 0 atom stereocenters. The van der Waals surface area contributed by atoms with Crippen LogP contribution in [0.3, 0.4) is 0 Å². The van der Waals surface area contributed by atoms with E-state index in [1.54, 1.807) is 12.9 Å². The Hall–Kier alpha value is -2.45. The third kappa shape index (κ3) is 5.05.